The first-order valence-corrected chi connectivity index (χ1v) is 9.53. The van der Waals surface area contributed by atoms with Crippen LogP contribution in [0, 0.1) is 5.82 Å². The zero-order valence-corrected chi connectivity index (χ0v) is 15.2. The van der Waals surface area contributed by atoms with Crippen molar-refractivity contribution in [1.82, 2.24) is 30.3 Å². The number of nitrogens with one attached hydrogen (secondary N) is 1. The van der Waals surface area contributed by atoms with E-state index in [4.69, 9.17) is 4.74 Å². The molecule has 0 bridgehead atoms. The highest BCUT2D eigenvalue weighted by atomic mass is 32.2. The van der Waals surface area contributed by atoms with Gasteiger partial charge in [0.1, 0.15) is 17.2 Å². The number of halogens is 1. The number of benzene rings is 1. The summed E-state index contributed by atoms with van der Waals surface area (Å²) in [6, 6.07) is 5.88. The standard InChI is InChI=1S/C17H17FN6O2S/c18-11-3-5-12(6-4-11)24-16-15(22-23-24)17(21-10-20-16)27-9-14(25)19-8-13-2-1-7-26-13/h3-6,10,13H,1-2,7-9H2,(H,19,25)/t13-/m0/s1. The van der Waals surface area contributed by atoms with E-state index >= 15 is 0 Å². The Balaban J connectivity index is 1.44. The summed E-state index contributed by atoms with van der Waals surface area (Å²) in [5.74, 6) is -0.210. The number of fused-ring (bicyclic) bond motifs is 1. The Bertz CT molecular complexity index is 942. The van der Waals surface area contributed by atoms with Crippen LogP contribution in [0.4, 0.5) is 4.39 Å². The Hall–Kier alpha value is -2.59. The molecule has 10 heteroatoms. The van der Waals surface area contributed by atoms with Gasteiger partial charge in [0, 0.05) is 13.2 Å². The van der Waals surface area contributed by atoms with E-state index in [0.29, 0.717) is 28.4 Å². The van der Waals surface area contributed by atoms with Gasteiger partial charge in [0.2, 0.25) is 5.91 Å². The molecule has 27 heavy (non-hydrogen) atoms. The number of carbonyl (C=O) groups excluding carboxylic acids is 1. The van der Waals surface area contributed by atoms with E-state index in [-0.39, 0.29) is 23.6 Å². The Morgan fingerprint density at radius 1 is 1.33 bits per heavy atom. The van der Waals surface area contributed by atoms with E-state index in [1.807, 2.05) is 0 Å². The fraction of sp³-hybridized carbons (Fsp3) is 0.353. The number of carbonyl (C=O) groups is 1. The van der Waals surface area contributed by atoms with E-state index in [1.165, 1.54) is 34.9 Å². The molecule has 0 aliphatic carbocycles. The average Bonchev–Trinajstić information content (AvgIpc) is 3.35. The molecular formula is C17H17FN6O2S. The third-order valence-corrected chi connectivity index (χ3v) is 5.14. The van der Waals surface area contributed by atoms with Crippen molar-refractivity contribution in [1.29, 1.82) is 0 Å². The van der Waals surface area contributed by atoms with Crippen molar-refractivity contribution >= 4 is 28.8 Å². The van der Waals surface area contributed by atoms with Crippen LogP contribution in [0.15, 0.2) is 35.6 Å². The Labute approximate surface area is 158 Å². The molecule has 1 N–H and O–H groups in total. The normalized spacial score (nSPS) is 16.7. The fourth-order valence-corrected chi connectivity index (χ4v) is 3.57. The van der Waals surface area contributed by atoms with Gasteiger partial charge in [-0.1, -0.05) is 17.0 Å². The van der Waals surface area contributed by atoms with Crippen molar-refractivity contribution in [3.63, 3.8) is 0 Å². The van der Waals surface area contributed by atoms with Crippen LogP contribution in [0.2, 0.25) is 0 Å². The quantitative estimate of drug-likeness (QED) is 0.508. The molecule has 1 amide bonds. The Morgan fingerprint density at radius 2 is 2.19 bits per heavy atom. The third kappa shape index (κ3) is 4.06. The second kappa shape index (κ2) is 7.97. The highest BCUT2D eigenvalue weighted by molar-refractivity contribution is 8.00. The first-order valence-electron chi connectivity index (χ1n) is 8.54. The van der Waals surface area contributed by atoms with Crippen LogP contribution in [-0.2, 0) is 9.53 Å². The average molecular weight is 388 g/mol. The van der Waals surface area contributed by atoms with Gasteiger partial charge in [0.15, 0.2) is 11.2 Å². The van der Waals surface area contributed by atoms with E-state index in [2.05, 4.69) is 25.6 Å². The van der Waals surface area contributed by atoms with Gasteiger partial charge in [0.25, 0.3) is 0 Å². The summed E-state index contributed by atoms with van der Waals surface area (Å²) in [7, 11) is 0. The van der Waals surface area contributed by atoms with Crippen LogP contribution in [-0.4, -0.2) is 55.9 Å². The summed E-state index contributed by atoms with van der Waals surface area (Å²) in [4.78, 5) is 20.5. The number of ether oxygens (including phenoxy) is 1. The topological polar surface area (TPSA) is 94.8 Å². The lowest BCUT2D eigenvalue weighted by molar-refractivity contribution is -0.119. The molecular weight excluding hydrogens is 371 g/mol. The van der Waals surface area contributed by atoms with Gasteiger partial charge in [-0.25, -0.2) is 14.4 Å². The molecule has 2 aromatic heterocycles. The highest BCUT2D eigenvalue weighted by Gasteiger charge is 2.17. The zero-order valence-electron chi connectivity index (χ0n) is 14.3. The van der Waals surface area contributed by atoms with Crippen LogP contribution in [0.25, 0.3) is 16.9 Å². The summed E-state index contributed by atoms with van der Waals surface area (Å²) in [5.41, 5.74) is 1.64. The minimum atomic E-state index is -0.331. The molecule has 0 saturated carbocycles. The highest BCUT2D eigenvalue weighted by Crippen LogP contribution is 2.24. The maximum atomic E-state index is 13.1. The van der Waals surface area contributed by atoms with E-state index < -0.39 is 0 Å². The van der Waals surface area contributed by atoms with Crippen molar-refractivity contribution < 1.29 is 13.9 Å². The maximum Gasteiger partial charge on any atom is 0.230 e. The second-order valence-corrected chi connectivity index (χ2v) is 7.02. The molecule has 1 aliphatic rings. The molecule has 3 heterocycles. The summed E-state index contributed by atoms with van der Waals surface area (Å²) < 4.78 is 20.1. The molecule has 1 fully saturated rings. The van der Waals surface area contributed by atoms with Crippen molar-refractivity contribution in [3.8, 4) is 5.69 Å². The predicted molar refractivity (Wildman–Crippen MR) is 97.1 cm³/mol. The molecule has 1 aromatic carbocycles. The van der Waals surface area contributed by atoms with Crippen molar-refractivity contribution in [2.24, 2.45) is 0 Å². The molecule has 1 aliphatic heterocycles. The maximum absolute atomic E-state index is 13.1. The van der Waals surface area contributed by atoms with Gasteiger partial charge >= 0.3 is 0 Å². The van der Waals surface area contributed by atoms with Crippen LogP contribution in [0.1, 0.15) is 12.8 Å². The van der Waals surface area contributed by atoms with Crippen LogP contribution in [0.5, 0.6) is 0 Å². The number of thioether (sulfide) groups is 1. The number of rotatable bonds is 6. The minimum absolute atomic E-state index is 0.0896. The van der Waals surface area contributed by atoms with Crippen molar-refractivity contribution in [2.45, 2.75) is 24.0 Å². The molecule has 8 nitrogen and oxygen atoms in total. The molecule has 1 saturated heterocycles. The molecule has 4 rings (SSSR count). The van der Waals surface area contributed by atoms with E-state index in [1.54, 1.807) is 12.1 Å². The zero-order chi connectivity index (χ0) is 18.6. The molecule has 0 spiro atoms. The number of hydrogen-bond donors (Lipinski definition) is 1. The smallest absolute Gasteiger partial charge is 0.230 e. The van der Waals surface area contributed by atoms with Crippen molar-refractivity contribution in [2.75, 3.05) is 18.9 Å². The molecule has 3 aromatic rings. The molecule has 0 unspecified atom stereocenters. The first-order chi connectivity index (χ1) is 13.2. The lowest BCUT2D eigenvalue weighted by Gasteiger charge is -2.10. The molecule has 0 radical (unpaired) electrons. The SMILES string of the molecule is O=C(CSc1ncnc2c1nnn2-c1ccc(F)cc1)NC[C@@H]1CCCO1. The number of nitrogens with zero attached hydrogens (tertiary/aromatic N) is 5. The molecule has 1 atom stereocenters. The van der Waals surface area contributed by atoms with Gasteiger partial charge in [-0.2, -0.15) is 4.68 Å². The summed E-state index contributed by atoms with van der Waals surface area (Å²) in [5, 5.41) is 11.7. The van der Waals surface area contributed by atoms with Gasteiger partial charge < -0.3 is 10.1 Å². The van der Waals surface area contributed by atoms with Gasteiger partial charge in [-0.15, -0.1) is 5.10 Å². The van der Waals surface area contributed by atoms with Gasteiger partial charge in [0.05, 0.1) is 17.5 Å². The van der Waals surface area contributed by atoms with Crippen LogP contribution in [0.3, 0.4) is 0 Å². The number of amides is 1. The number of aromatic nitrogens is 5. The van der Waals surface area contributed by atoms with Gasteiger partial charge in [-0.05, 0) is 37.1 Å². The van der Waals surface area contributed by atoms with E-state index in [0.717, 1.165) is 19.4 Å². The van der Waals surface area contributed by atoms with Gasteiger partial charge in [-0.3, -0.25) is 4.79 Å². The summed E-state index contributed by atoms with van der Waals surface area (Å²) in [6.45, 7) is 1.29. The molecule has 140 valence electrons. The Kier molecular flexibility index (Phi) is 5.26. The third-order valence-electron chi connectivity index (χ3n) is 4.17. The predicted octanol–water partition coefficient (Wildman–Crippen LogP) is 1.74. The lowest BCUT2D eigenvalue weighted by atomic mass is 10.2. The van der Waals surface area contributed by atoms with Crippen LogP contribution >= 0.6 is 11.8 Å². The summed E-state index contributed by atoms with van der Waals surface area (Å²) >= 11 is 1.27. The largest absolute Gasteiger partial charge is 0.376 e. The Morgan fingerprint density at radius 3 is 2.96 bits per heavy atom. The monoisotopic (exact) mass is 388 g/mol. The van der Waals surface area contributed by atoms with Crippen molar-refractivity contribution in [3.05, 3.63) is 36.4 Å². The van der Waals surface area contributed by atoms with E-state index in [9.17, 15) is 9.18 Å². The fourth-order valence-electron chi connectivity index (χ4n) is 2.81. The van der Waals surface area contributed by atoms with Crippen LogP contribution < -0.4 is 5.32 Å². The second-order valence-electron chi connectivity index (χ2n) is 6.06. The first kappa shape index (κ1) is 17.8. The number of hydrogen-bond acceptors (Lipinski definition) is 7. The minimum Gasteiger partial charge on any atom is -0.376 e. The summed E-state index contributed by atoms with van der Waals surface area (Å²) in [6.07, 6.45) is 3.53. The lowest BCUT2D eigenvalue weighted by Crippen LogP contribution is -2.32.